The van der Waals surface area contributed by atoms with Crippen LogP contribution in [0.5, 0.6) is 0 Å². The Hall–Kier alpha value is -1.49. The van der Waals surface area contributed by atoms with E-state index in [0.29, 0.717) is 13.0 Å². The minimum absolute atomic E-state index is 0.0860. The van der Waals surface area contributed by atoms with Crippen LogP contribution in [0.3, 0.4) is 0 Å². The fourth-order valence-electron chi connectivity index (χ4n) is 1.85. The molecule has 0 radical (unpaired) electrons. The molecular formula is C13H15FN2OS. The second-order valence-corrected chi connectivity index (χ2v) is 5.02. The van der Waals surface area contributed by atoms with Crippen molar-refractivity contribution < 1.29 is 9.18 Å². The number of benzene rings is 1. The molecule has 0 atom stereocenters. The van der Waals surface area contributed by atoms with E-state index >= 15 is 0 Å². The minimum atomic E-state index is -0.599. The molecule has 0 bridgehead atoms. The molecule has 1 aromatic rings. The van der Waals surface area contributed by atoms with Gasteiger partial charge in [-0.05, 0) is 37.0 Å². The lowest BCUT2D eigenvalue weighted by Gasteiger charge is -2.13. The van der Waals surface area contributed by atoms with Crippen LogP contribution < -0.4 is 11.1 Å². The number of amides is 1. The molecule has 1 saturated carbocycles. The Morgan fingerprint density at radius 3 is 2.50 bits per heavy atom. The van der Waals surface area contributed by atoms with Crippen LogP contribution in [-0.4, -0.2) is 17.4 Å². The lowest BCUT2D eigenvalue weighted by molar-refractivity contribution is -0.123. The van der Waals surface area contributed by atoms with Crippen molar-refractivity contribution in [1.29, 1.82) is 0 Å². The van der Waals surface area contributed by atoms with Gasteiger partial charge in [-0.15, -0.1) is 0 Å². The van der Waals surface area contributed by atoms with Crippen LogP contribution in [0.25, 0.3) is 0 Å². The summed E-state index contributed by atoms with van der Waals surface area (Å²) in [5, 5.41) is 2.83. The maximum absolute atomic E-state index is 12.7. The molecule has 0 unspecified atom stereocenters. The summed E-state index contributed by atoms with van der Waals surface area (Å²) in [6.45, 7) is 0.509. The highest BCUT2D eigenvalue weighted by Crippen LogP contribution is 2.46. The predicted molar refractivity (Wildman–Crippen MR) is 71.6 cm³/mol. The lowest BCUT2D eigenvalue weighted by Crippen LogP contribution is -2.40. The van der Waals surface area contributed by atoms with Crippen molar-refractivity contribution >= 4 is 23.1 Å². The van der Waals surface area contributed by atoms with Crippen LogP contribution in [0.1, 0.15) is 18.4 Å². The van der Waals surface area contributed by atoms with Crippen molar-refractivity contribution in [2.24, 2.45) is 11.1 Å². The summed E-state index contributed by atoms with van der Waals surface area (Å²) in [6.07, 6.45) is 2.15. The Morgan fingerprint density at radius 1 is 1.39 bits per heavy atom. The summed E-state index contributed by atoms with van der Waals surface area (Å²) >= 11 is 4.90. The molecule has 18 heavy (non-hydrogen) atoms. The average Bonchev–Trinajstić information content (AvgIpc) is 3.13. The molecule has 5 heteroatoms. The standard InChI is InChI=1S/C13H15FN2OS/c14-10-3-1-9(2-4-10)5-8-16-12(17)13(6-7-13)11(15)18/h1-4H,5-8H2,(H2,15,18)(H,16,17). The third-order valence-corrected chi connectivity index (χ3v) is 3.66. The molecule has 1 aliphatic carbocycles. The third kappa shape index (κ3) is 2.67. The van der Waals surface area contributed by atoms with Gasteiger partial charge < -0.3 is 11.1 Å². The Kier molecular flexibility index (Phi) is 3.61. The number of hydrogen-bond donors (Lipinski definition) is 2. The fraction of sp³-hybridized carbons (Fsp3) is 0.385. The van der Waals surface area contributed by atoms with E-state index in [1.807, 2.05) is 0 Å². The maximum atomic E-state index is 12.7. The van der Waals surface area contributed by atoms with Crippen LogP contribution in [0.15, 0.2) is 24.3 Å². The number of nitrogens with one attached hydrogen (secondary N) is 1. The predicted octanol–water partition coefficient (Wildman–Crippen LogP) is 1.55. The second kappa shape index (κ2) is 5.02. The van der Waals surface area contributed by atoms with Crippen LogP contribution in [0.2, 0.25) is 0 Å². The number of rotatable bonds is 5. The van der Waals surface area contributed by atoms with E-state index in [9.17, 15) is 9.18 Å². The highest BCUT2D eigenvalue weighted by Gasteiger charge is 2.52. The number of carbonyl (C=O) groups excluding carboxylic acids is 1. The summed E-state index contributed by atoms with van der Waals surface area (Å²) < 4.78 is 12.7. The van der Waals surface area contributed by atoms with Crippen molar-refractivity contribution in [1.82, 2.24) is 5.32 Å². The van der Waals surface area contributed by atoms with E-state index in [-0.39, 0.29) is 16.7 Å². The first-order chi connectivity index (χ1) is 8.54. The zero-order valence-electron chi connectivity index (χ0n) is 9.91. The van der Waals surface area contributed by atoms with Crippen LogP contribution in [0, 0.1) is 11.2 Å². The number of thiocarbonyl (C=S) groups is 1. The second-order valence-electron chi connectivity index (χ2n) is 4.58. The molecule has 0 heterocycles. The molecular weight excluding hydrogens is 251 g/mol. The molecule has 3 nitrogen and oxygen atoms in total. The van der Waals surface area contributed by atoms with Gasteiger partial charge >= 0.3 is 0 Å². The molecule has 0 saturated heterocycles. The summed E-state index contributed by atoms with van der Waals surface area (Å²) in [5.74, 6) is -0.342. The molecule has 0 spiro atoms. The zero-order chi connectivity index (χ0) is 13.2. The molecule has 96 valence electrons. The topological polar surface area (TPSA) is 55.1 Å². The van der Waals surface area contributed by atoms with Gasteiger partial charge in [0.1, 0.15) is 5.82 Å². The Labute approximate surface area is 111 Å². The smallest absolute Gasteiger partial charge is 0.233 e. The summed E-state index contributed by atoms with van der Waals surface area (Å²) in [7, 11) is 0. The van der Waals surface area contributed by atoms with Crippen molar-refractivity contribution in [3.63, 3.8) is 0 Å². The summed E-state index contributed by atoms with van der Waals surface area (Å²) in [5.41, 5.74) is 5.95. The highest BCUT2D eigenvalue weighted by molar-refractivity contribution is 7.80. The van der Waals surface area contributed by atoms with Gasteiger partial charge in [-0.25, -0.2) is 4.39 Å². The highest BCUT2D eigenvalue weighted by atomic mass is 32.1. The van der Waals surface area contributed by atoms with Crippen molar-refractivity contribution in [2.75, 3.05) is 6.54 Å². The molecule has 0 aliphatic heterocycles. The lowest BCUT2D eigenvalue weighted by atomic mass is 10.1. The van der Waals surface area contributed by atoms with Gasteiger partial charge in [0, 0.05) is 6.54 Å². The van der Waals surface area contributed by atoms with E-state index < -0.39 is 5.41 Å². The summed E-state index contributed by atoms with van der Waals surface area (Å²) in [6, 6.07) is 6.24. The van der Waals surface area contributed by atoms with Gasteiger partial charge in [-0.3, -0.25) is 4.79 Å². The van der Waals surface area contributed by atoms with E-state index in [1.54, 1.807) is 12.1 Å². The first-order valence-corrected chi connectivity index (χ1v) is 6.28. The van der Waals surface area contributed by atoms with E-state index in [1.165, 1.54) is 12.1 Å². The van der Waals surface area contributed by atoms with Crippen LogP contribution in [0.4, 0.5) is 4.39 Å². The van der Waals surface area contributed by atoms with E-state index in [0.717, 1.165) is 18.4 Å². The SMILES string of the molecule is NC(=S)C1(C(=O)NCCc2ccc(F)cc2)CC1. The third-order valence-electron chi connectivity index (χ3n) is 3.27. The van der Waals surface area contributed by atoms with Crippen molar-refractivity contribution in [2.45, 2.75) is 19.3 Å². The first kappa shape index (κ1) is 13.0. The maximum Gasteiger partial charge on any atom is 0.233 e. The number of nitrogens with two attached hydrogens (primary N) is 1. The van der Waals surface area contributed by atoms with Gasteiger partial charge in [0.2, 0.25) is 5.91 Å². The minimum Gasteiger partial charge on any atom is -0.392 e. The number of halogens is 1. The Bertz CT molecular complexity index is 468. The molecule has 2 rings (SSSR count). The van der Waals surface area contributed by atoms with Gasteiger partial charge in [0.25, 0.3) is 0 Å². The van der Waals surface area contributed by atoms with Crippen molar-refractivity contribution in [3.05, 3.63) is 35.6 Å². The van der Waals surface area contributed by atoms with Crippen LogP contribution >= 0.6 is 12.2 Å². The quantitative estimate of drug-likeness (QED) is 0.795. The molecule has 0 aromatic heterocycles. The van der Waals surface area contributed by atoms with Gasteiger partial charge in [-0.1, -0.05) is 24.4 Å². The Morgan fingerprint density at radius 2 is 2.00 bits per heavy atom. The largest absolute Gasteiger partial charge is 0.392 e. The Balaban J connectivity index is 1.81. The van der Waals surface area contributed by atoms with E-state index in [4.69, 9.17) is 18.0 Å². The van der Waals surface area contributed by atoms with E-state index in [2.05, 4.69) is 5.32 Å². The molecule has 1 aromatic carbocycles. The normalized spacial score (nSPS) is 16.1. The number of hydrogen-bond acceptors (Lipinski definition) is 2. The monoisotopic (exact) mass is 266 g/mol. The average molecular weight is 266 g/mol. The van der Waals surface area contributed by atoms with Crippen molar-refractivity contribution in [3.8, 4) is 0 Å². The zero-order valence-corrected chi connectivity index (χ0v) is 10.7. The summed E-state index contributed by atoms with van der Waals surface area (Å²) in [4.78, 5) is 12.2. The van der Waals surface area contributed by atoms with Crippen LogP contribution in [-0.2, 0) is 11.2 Å². The molecule has 1 amide bonds. The molecule has 1 aliphatic rings. The van der Waals surface area contributed by atoms with Gasteiger partial charge in [0.15, 0.2) is 0 Å². The number of carbonyl (C=O) groups is 1. The molecule has 3 N–H and O–H groups in total. The van der Waals surface area contributed by atoms with Gasteiger partial charge in [-0.2, -0.15) is 0 Å². The van der Waals surface area contributed by atoms with Gasteiger partial charge in [0.05, 0.1) is 10.4 Å². The molecule has 1 fully saturated rings. The fourth-order valence-corrected chi connectivity index (χ4v) is 2.15. The first-order valence-electron chi connectivity index (χ1n) is 5.87.